The molecule has 0 saturated heterocycles. The number of amides is 2. The maximum absolute atomic E-state index is 13.8. The van der Waals surface area contributed by atoms with E-state index in [1.165, 1.54) is 6.42 Å². The van der Waals surface area contributed by atoms with E-state index in [4.69, 9.17) is 14.1 Å². The number of benzene rings is 2. The van der Waals surface area contributed by atoms with E-state index in [1.54, 1.807) is 50.2 Å². The van der Waals surface area contributed by atoms with Crippen LogP contribution < -0.4 is 10.6 Å². The minimum Gasteiger partial charge on any atom is -0.450 e. The van der Waals surface area contributed by atoms with Crippen LogP contribution in [0.5, 0.6) is 0 Å². The van der Waals surface area contributed by atoms with E-state index in [1.807, 2.05) is 18.2 Å². The number of ether oxygens (including phenoxy) is 1. The van der Waals surface area contributed by atoms with Gasteiger partial charge < -0.3 is 14.5 Å². The molecule has 1 aliphatic rings. The van der Waals surface area contributed by atoms with Crippen molar-refractivity contribution in [1.82, 2.24) is 15.6 Å². The zero-order valence-electron chi connectivity index (χ0n) is 23.0. The van der Waals surface area contributed by atoms with Crippen molar-refractivity contribution in [3.8, 4) is 0 Å². The van der Waals surface area contributed by atoms with Crippen LogP contribution in [-0.2, 0) is 9.53 Å². The summed E-state index contributed by atoms with van der Waals surface area (Å²) in [7, 11) is 0. The van der Waals surface area contributed by atoms with Gasteiger partial charge in [-0.3, -0.25) is 19.9 Å². The third-order valence-corrected chi connectivity index (χ3v) is 6.96. The van der Waals surface area contributed by atoms with E-state index in [0.29, 0.717) is 34.6 Å². The topological polar surface area (TPSA) is 123 Å². The number of nitrogens with zero attached hydrogens (tertiary/aromatic N) is 2. The van der Waals surface area contributed by atoms with Crippen molar-refractivity contribution in [1.29, 1.82) is 0 Å². The van der Waals surface area contributed by atoms with E-state index in [2.05, 4.69) is 22.2 Å². The van der Waals surface area contributed by atoms with Crippen molar-refractivity contribution in [2.45, 2.75) is 64.5 Å². The molecule has 0 radical (unpaired) electrons. The number of ketones is 1. The van der Waals surface area contributed by atoms with Crippen LogP contribution >= 0.6 is 0 Å². The summed E-state index contributed by atoms with van der Waals surface area (Å²) in [4.78, 5) is 48.7. The van der Waals surface area contributed by atoms with Gasteiger partial charge in [-0.05, 0) is 38.3 Å². The summed E-state index contributed by atoms with van der Waals surface area (Å²) in [6.07, 6.45) is 5.18. The van der Waals surface area contributed by atoms with Gasteiger partial charge >= 0.3 is 6.09 Å². The predicted molar refractivity (Wildman–Crippen MR) is 153 cm³/mol. The Bertz CT molecular complexity index is 1340. The van der Waals surface area contributed by atoms with Gasteiger partial charge in [-0.1, -0.05) is 86.7 Å². The summed E-state index contributed by atoms with van der Waals surface area (Å²) in [6, 6.07) is 14.3. The van der Waals surface area contributed by atoms with Gasteiger partial charge in [-0.2, -0.15) is 0 Å². The fourth-order valence-electron chi connectivity index (χ4n) is 4.90. The molecule has 1 unspecified atom stereocenters. The lowest BCUT2D eigenvalue weighted by molar-refractivity contribution is -0.123. The maximum atomic E-state index is 13.8. The number of carbonyl (C=O) groups excluding carboxylic acids is 3. The largest absolute Gasteiger partial charge is 0.450 e. The van der Waals surface area contributed by atoms with Crippen LogP contribution in [0.25, 0.3) is 11.1 Å². The summed E-state index contributed by atoms with van der Waals surface area (Å²) in [5.74, 6) is -0.515. The zero-order chi connectivity index (χ0) is 28.5. The van der Waals surface area contributed by atoms with Gasteiger partial charge in [0.2, 0.25) is 11.7 Å². The number of alkyl carbamates (subject to hydrolysis) is 1. The minimum atomic E-state index is -1.05. The number of Topliss-reactive ketones (excluding diaryl/α,β-unsaturated/α-hetero) is 1. The highest BCUT2D eigenvalue weighted by molar-refractivity contribution is 6.08. The molecule has 3 aromatic rings. The van der Waals surface area contributed by atoms with Crippen LogP contribution in [0.15, 0.2) is 76.2 Å². The average Bonchev–Trinajstić information content (AvgIpc) is 3.40. The van der Waals surface area contributed by atoms with Gasteiger partial charge in [0.1, 0.15) is 23.4 Å². The Labute approximate surface area is 234 Å². The number of hydrogen-bond acceptors (Lipinski definition) is 7. The number of amidine groups is 1. The summed E-state index contributed by atoms with van der Waals surface area (Å²) in [5.41, 5.74) is 2.11. The minimum absolute atomic E-state index is 0.101. The van der Waals surface area contributed by atoms with E-state index >= 15 is 0 Å². The highest BCUT2D eigenvalue weighted by Gasteiger charge is 2.32. The summed E-state index contributed by atoms with van der Waals surface area (Å²) in [6.45, 7) is 7.51. The van der Waals surface area contributed by atoms with Gasteiger partial charge in [0.25, 0.3) is 5.89 Å². The number of carbonyl (C=O) groups is 3. The van der Waals surface area contributed by atoms with Crippen molar-refractivity contribution >= 4 is 34.7 Å². The molecule has 4 rings (SSSR count). The number of para-hydroxylation sites is 2. The second kappa shape index (κ2) is 13.7. The molecule has 9 heteroatoms. The molecular formula is C31H36N4O5. The fourth-order valence-corrected chi connectivity index (χ4v) is 4.90. The van der Waals surface area contributed by atoms with E-state index in [-0.39, 0.29) is 18.3 Å². The van der Waals surface area contributed by atoms with Crippen LogP contribution in [0, 0.1) is 5.92 Å². The Kier molecular flexibility index (Phi) is 9.83. The molecule has 1 heterocycles. The van der Waals surface area contributed by atoms with E-state index in [0.717, 1.165) is 25.7 Å². The first-order valence-electron chi connectivity index (χ1n) is 13.8. The third kappa shape index (κ3) is 7.43. The monoisotopic (exact) mass is 544 g/mol. The Morgan fingerprint density at radius 3 is 2.45 bits per heavy atom. The lowest BCUT2D eigenvalue weighted by Crippen LogP contribution is -2.47. The maximum Gasteiger partial charge on any atom is 0.412 e. The second-order valence-corrected chi connectivity index (χ2v) is 10.1. The van der Waals surface area contributed by atoms with Crippen LogP contribution in [0.4, 0.5) is 4.79 Å². The van der Waals surface area contributed by atoms with Gasteiger partial charge in [-0.15, -0.1) is 0 Å². The number of rotatable bonds is 10. The van der Waals surface area contributed by atoms with Crippen molar-refractivity contribution in [2.75, 3.05) is 6.61 Å². The molecular weight excluding hydrogens is 508 g/mol. The first-order valence-corrected chi connectivity index (χ1v) is 13.8. The molecule has 0 bridgehead atoms. The Balaban J connectivity index is 1.64. The zero-order valence-corrected chi connectivity index (χ0v) is 23.0. The van der Waals surface area contributed by atoms with Gasteiger partial charge in [-0.25, -0.2) is 9.78 Å². The molecule has 1 aromatic heterocycles. The molecule has 1 aliphatic carbocycles. The van der Waals surface area contributed by atoms with Crippen LogP contribution in [0.1, 0.15) is 68.6 Å². The van der Waals surface area contributed by atoms with Crippen LogP contribution in [0.3, 0.4) is 0 Å². The number of fused-ring (bicyclic) bond motifs is 1. The fraction of sp³-hybridized carbons (Fsp3) is 0.387. The number of oxazole rings is 1. The summed E-state index contributed by atoms with van der Waals surface area (Å²) in [5, 5.41) is 5.54. The van der Waals surface area contributed by atoms with E-state index < -0.39 is 29.9 Å². The van der Waals surface area contributed by atoms with Crippen LogP contribution in [-0.4, -0.2) is 47.3 Å². The summed E-state index contributed by atoms with van der Waals surface area (Å²) < 4.78 is 10.8. The van der Waals surface area contributed by atoms with Crippen molar-refractivity contribution in [3.05, 3.63) is 78.2 Å². The Morgan fingerprint density at radius 1 is 1.07 bits per heavy atom. The predicted octanol–water partition coefficient (Wildman–Crippen LogP) is 5.60. The number of aliphatic imine (C=N–C) groups is 1. The Morgan fingerprint density at radius 2 is 1.77 bits per heavy atom. The molecule has 1 fully saturated rings. The number of nitrogens with one attached hydrogen (secondary N) is 2. The first kappa shape index (κ1) is 28.7. The molecule has 2 N–H and O–H groups in total. The van der Waals surface area contributed by atoms with Crippen molar-refractivity contribution in [2.24, 2.45) is 10.9 Å². The highest BCUT2D eigenvalue weighted by atomic mass is 16.5. The van der Waals surface area contributed by atoms with Crippen molar-refractivity contribution in [3.63, 3.8) is 0 Å². The average molecular weight is 545 g/mol. The molecule has 210 valence electrons. The highest BCUT2D eigenvalue weighted by Crippen LogP contribution is 2.28. The number of aromatic nitrogens is 1. The second-order valence-electron chi connectivity index (χ2n) is 10.1. The normalized spacial score (nSPS) is 15.7. The van der Waals surface area contributed by atoms with Gasteiger partial charge in [0.15, 0.2) is 5.58 Å². The lowest BCUT2D eigenvalue weighted by atomic mass is 9.84. The molecule has 2 atom stereocenters. The van der Waals surface area contributed by atoms with Crippen LogP contribution in [0.2, 0.25) is 0 Å². The smallest absolute Gasteiger partial charge is 0.412 e. The molecule has 40 heavy (non-hydrogen) atoms. The third-order valence-electron chi connectivity index (χ3n) is 6.96. The molecule has 0 spiro atoms. The Hall–Kier alpha value is -4.27. The molecule has 2 aromatic carbocycles. The van der Waals surface area contributed by atoms with Gasteiger partial charge in [0.05, 0.1) is 6.61 Å². The number of hydrogen-bond donors (Lipinski definition) is 2. The molecule has 2 amide bonds. The van der Waals surface area contributed by atoms with Crippen molar-refractivity contribution < 1.29 is 23.5 Å². The quantitative estimate of drug-likeness (QED) is 0.148. The lowest BCUT2D eigenvalue weighted by Gasteiger charge is -2.26. The SMILES string of the molecule is C=C(C)[C@H](NC(=O)C(CC1CCCCC1)N=C(NC(=O)OCC)c1ccccc1)C(=O)c1nc2ccccc2o1. The molecule has 1 saturated carbocycles. The molecule has 0 aliphatic heterocycles. The standard InChI is InChI=1S/C31H36N4O5/c1-4-39-31(38)35-28(22-15-9-6-10-16-22)32-24(19-21-13-7-5-8-14-21)29(37)34-26(20(2)3)27(36)30-33-23-17-11-12-18-25(23)40-30/h6,9-12,15-18,21,24,26H,2,4-5,7-8,13-14,19H2,1,3H3,(H,34,37)(H,32,35,38)/t24?,26-/m0/s1. The summed E-state index contributed by atoms with van der Waals surface area (Å²) >= 11 is 0. The van der Waals surface area contributed by atoms with E-state index in [9.17, 15) is 14.4 Å². The molecule has 9 nitrogen and oxygen atoms in total. The first-order chi connectivity index (χ1) is 19.4. The van der Waals surface area contributed by atoms with Gasteiger partial charge in [0, 0.05) is 5.56 Å².